The molecule has 0 spiro atoms. The fourth-order valence-corrected chi connectivity index (χ4v) is 2.53. The Morgan fingerprint density at radius 2 is 2.06 bits per heavy atom. The van der Waals surface area contributed by atoms with Gasteiger partial charge >= 0.3 is 5.97 Å². The van der Waals surface area contributed by atoms with E-state index in [1.807, 2.05) is 19.1 Å². The molecule has 0 radical (unpaired) electrons. The van der Waals surface area contributed by atoms with Crippen LogP contribution >= 0.6 is 11.3 Å². The van der Waals surface area contributed by atoms with E-state index in [2.05, 4.69) is 0 Å². The van der Waals surface area contributed by atoms with E-state index in [9.17, 15) is 9.90 Å². The van der Waals surface area contributed by atoms with Crippen molar-refractivity contribution in [2.24, 2.45) is 0 Å². The Balaban J connectivity index is 2.57. The van der Waals surface area contributed by atoms with E-state index in [0.29, 0.717) is 5.75 Å². The molecule has 88 valence electrons. The second kappa shape index (κ2) is 4.59. The Kier molecular flexibility index (Phi) is 3.15. The van der Waals surface area contributed by atoms with E-state index in [0.717, 1.165) is 15.3 Å². The van der Waals surface area contributed by atoms with Crippen LogP contribution in [-0.2, 0) is 0 Å². The highest BCUT2D eigenvalue weighted by molar-refractivity contribution is 7.15. The molecule has 2 rings (SSSR count). The first kappa shape index (κ1) is 11.7. The Labute approximate surface area is 103 Å². The van der Waals surface area contributed by atoms with Gasteiger partial charge in [0.05, 0.1) is 12.7 Å². The second-order valence-corrected chi connectivity index (χ2v) is 4.91. The first-order valence-corrected chi connectivity index (χ1v) is 5.91. The van der Waals surface area contributed by atoms with Crippen molar-refractivity contribution in [1.29, 1.82) is 0 Å². The molecule has 2 aromatic rings. The first-order valence-electron chi connectivity index (χ1n) is 5.10. The largest absolute Gasteiger partial charge is 0.497 e. The van der Waals surface area contributed by atoms with Crippen LogP contribution in [0.1, 0.15) is 15.2 Å². The van der Waals surface area contributed by atoms with Gasteiger partial charge in [-0.15, -0.1) is 11.3 Å². The fraction of sp³-hybridized carbons (Fsp3) is 0.154. The number of thiophene rings is 1. The van der Waals surface area contributed by atoms with Crippen molar-refractivity contribution in [3.8, 4) is 16.2 Å². The summed E-state index contributed by atoms with van der Waals surface area (Å²) in [5.74, 6) is -0.385. The SMILES string of the molecule is COc1ccc(-c2ccc(C)s2)c(C(=O)O)c1. The molecule has 0 fully saturated rings. The molecule has 17 heavy (non-hydrogen) atoms. The van der Waals surface area contributed by atoms with Gasteiger partial charge in [-0.25, -0.2) is 4.79 Å². The van der Waals surface area contributed by atoms with Crippen LogP contribution in [0, 0.1) is 6.92 Å². The highest BCUT2D eigenvalue weighted by Gasteiger charge is 2.14. The number of hydrogen-bond acceptors (Lipinski definition) is 3. The molecular weight excluding hydrogens is 236 g/mol. The molecule has 0 atom stereocenters. The van der Waals surface area contributed by atoms with Crippen LogP contribution in [0.5, 0.6) is 5.75 Å². The van der Waals surface area contributed by atoms with E-state index >= 15 is 0 Å². The Hall–Kier alpha value is -1.81. The zero-order valence-corrected chi connectivity index (χ0v) is 10.4. The summed E-state index contributed by atoms with van der Waals surface area (Å²) in [6.07, 6.45) is 0. The summed E-state index contributed by atoms with van der Waals surface area (Å²) in [4.78, 5) is 13.3. The lowest BCUT2D eigenvalue weighted by Gasteiger charge is -2.06. The zero-order valence-electron chi connectivity index (χ0n) is 9.56. The molecule has 0 unspecified atom stereocenters. The molecule has 0 aliphatic rings. The summed E-state index contributed by atoms with van der Waals surface area (Å²) in [5, 5.41) is 9.20. The van der Waals surface area contributed by atoms with Crippen LogP contribution < -0.4 is 4.74 Å². The number of aromatic carboxylic acids is 1. The minimum absolute atomic E-state index is 0.270. The van der Waals surface area contributed by atoms with Crippen LogP contribution in [0.4, 0.5) is 0 Å². The Bertz CT molecular complexity index is 558. The standard InChI is InChI=1S/C13H12O3S/c1-8-3-6-12(17-8)10-5-4-9(16-2)7-11(10)13(14)15/h3-7H,1-2H3,(H,14,15). The molecule has 4 heteroatoms. The predicted octanol–water partition coefficient (Wildman–Crippen LogP) is 3.43. The minimum atomic E-state index is -0.940. The predicted molar refractivity (Wildman–Crippen MR) is 68.0 cm³/mol. The van der Waals surface area contributed by atoms with Gasteiger partial charge in [-0.2, -0.15) is 0 Å². The molecule has 1 aromatic carbocycles. The van der Waals surface area contributed by atoms with Gasteiger partial charge in [0, 0.05) is 15.3 Å². The molecule has 3 nitrogen and oxygen atoms in total. The Morgan fingerprint density at radius 1 is 1.29 bits per heavy atom. The van der Waals surface area contributed by atoms with Crippen LogP contribution in [0.25, 0.3) is 10.4 Å². The molecule has 1 heterocycles. The van der Waals surface area contributed by atoms with E-state index in [1.165, 1.54) is 7.11 Å². The molecule has 0 amide bonds. The summed E-state index contributed by atoms with van der Waals surface area (Å²) in [6, 6.07) is 9.03. The number of carbonyl (C=O) groups is 1. The normalized spacial score (nSPS) is 10.2. The van der Waals surface area contributed by atoms with Crippen molar-refractivity contribution in [2.75, 3.05) is 7.11 Å². The van der Waals surface area contributed by atoms with Gasteiger partial charge in [0.1, 0.15) is 5.75 Å². The lowest BCUT2D eigenvalue weighted by atomic mass is 10.1. The highest BCUT2D eigenvalue weighted by atomic mass is 32.1. The van der Waals surface area contributed by atoms with E-state index < -0.39 is 5.97 Å². The average molecular weight is 248 g/mol. The van der Waals surface area contributed by atoms with Gasteiger partial charge in [-0.1, -0.05) is 0 Å². The average Bonchev–Trinajstić information content (AvgIpc) is 2.75. The van der Waals surface area contributed by atoms with Gasteiger partial charge in [0.15, 0.2) is 0 Å². The van der Waals surface area contributed by atoms with Gasteiger partial charge in [-0.05, 0) is 37.3 Å². The number of ether oxygens (including phenoxy) is 1. The van der Waals surface area contributed by atoms with Gasteiger partial charge in [-0.3, -0.25) is 0 Å². The smallest absolute Gasteiger partial charge is 0.336 e. The van der Waals surface area contributed by atoms with Crippen LogP contribution in [0.15, 0.2) is 30.3 Å². The quantitative estimate of drug-likeness (QED) is 0.905. The lowest BCUT2D eigenvalue weighted by molar-refractivity contribution is 0.0697. The molecule has 0 saturated heterocycles. The minimum Gasteiger partial charge on any atom is -0.497 e. The van der Waals surface area contributed by atoms with Crippen molar-refractivity contribution in [2.45, 2.75) is 6.92 Å². The van der Waals surface area contributed by atoms with E-state index in [-0.39, 0.29) is 5.56 Å². The van der Waals surface area contributed by atoms with Gasteiger partial charge in [0.2, 0.25) is 0 Å². The number of carboxylic acid groups (broad SMARTS) is 1. The van der Waals surface area contributed by atoms with Crippen molar-refractivity contribution in [3.05, 3.63) is 40.8 Å². The highest BCUT2D eigenvalue weighted by Crippen LogP contribution is 2.32. The molecule has 0 bridgehead atoms. The number of rotatable bonds is 3. The van der Waals surface area contributed by atoms with E-state index in [4.69, 9.17) is 4.74 Å². The molecule has 0 aliphatic carbocycles. The number of aryl methyl sites for hydroxylation is 1. The number of carboxylic acids is 1. The molecule has 0 saturated carbocycles. The van der Waals surface area contributed by atoms with Gasteiger partial charge in [0.25, 0.3) is 0 Å². The zero-order chi connectivity index (χ0) is 12.4. The van der Waals surface area contributed by atoms with Crippen molar-refractivity contribution < 1.29 is 14.6 Å². The van der Waals surface area contributed by atoms with Crippen LogP contribution in [-0.4, -0.2) is 18.2 Å². The third-order valence-corrected chi connectivity index (χ3v) is 3.50. The number of methoxy groups -OCH3 is 1. The van der Waals surface area contributed by atoms with Crippen molar-refractivity contribution in [3.63, 3.8) is 0 Å². The topological polar surface area (TPSA) is 46.5 Å². The maximum Gasteiger partial charge on any atom is 0.336 e. The summed E-state index contributed by atoms with van der Waals surface area (Å²) in [7, 11) is 1.52. The van der Waals surface area contributed by atoms with Crippen molar-refractivity contribution in [1.82, 2.24) is 0 Å². The molecule has 1 N–H and O–H groups in total. The molecular formula is C13H12O3S. The molecule has 1 aromatic heterocycles. The lowest BCUT2D eigenvalue weighted by Crippen LogP contribution is -1.99. The second-order valence-electron chi connectivity index (χ2n) is 3.63. The number of hydrogen-bond donors (Lipinski definition) is 1. The Morgan fingerprint density at radius 3 is 2.59 bits per heavy atom. The van der Waals surface area contributed by atoms with Gasteiger partial charge < -0.3 is 9.84 Å². The third kappa shape index (κ3) is 2.31. The maximum atomic E-state index is 11.2. The molecule has 0 aliphatic heterocycles. The monoisotopic (exact) mass is 248 g/mol. The van der Waals surface area contributed by atoms with Crippen molar-refractivity contribution >= 4 is 17.3 Å². The van der Waals surface area contributed by atoms with Crippen LogP contribution in [0.2, 0.25) is 0 Å². The fourth-order valence-electron chi connectivity index (χ4n) is 1.62. The summed E-state index contributed by atoms with van der Waals surface area (Å²) in [5.41, 5.74) is 1.00. The van der Waals surface area contributed by atoms with E-state index in [1.54, 1.807) is 29.5 Å². The summed E-state index contributed by atoms with van der Waals surface area (Å²) < 4.78 is 5.04. The third-order valence-electron chi connectivity index (χ3n) is 2.46. The summed E-state index contributed by atoms with van der Waals surface area (Å²) >= 11 is 1.58. The maximum absolute atomic E-state index is 11.2. The summed E-state index contributed by atoms with van der Waals surface area (Å²) in [6.45, 7) is 2.00. The van der Waals surface area contributed by atoms with Crippen LogP contribution in [0.3, 0.4) is 0 Å². The first-order chi connectivity index (χ1) is 8.11. The number of benzene rings is 1.